The summed E-state index contributed by atoms with van der Waals surface area (Å²) in [5, 5.41) is 13.3. The standard InChI is InChI=1S/C11H18N2O2/c1-5-6-9-8(7-12-13(9)4)11(2,3)10(14)15/h7H,5-6H2,1-4H3,(H,14,15). The summed E-state index contributed by atoms with van der Waals surface area (Å²) >= 11 is 0. The first-order valence-electron chi connectivity index (χ1n) is 5.16. The van der Waals surface area contributed by atoms with Gasteiger partial charge >= 0.3 is 5.97 Å². The molecule has 0 fully saturated rings. The summed E-state index contributed by atoms with van der Waals surface area (Å²) in [6.07, 6.45) is 3.52. The van der Waals surface area contributed by atoms with Crippen LogP contribution in [-0.2, 0) is 23.7 Å². The van der Waals surface area contributed by atoms with E-state index >= 15 is 0 Å². The van der Waals surface area contributed by atoms with Crippen molar-refractivity contribution in [2.45, 2.75) is 39.0 Å². The normalized spacial score (nSPS) is 11.7. The second-order valence-corrected chi connectivity index (χ2v) is 4.31. The van der Waals surface area contributed by atoms with Gasteiger partial charge in [-0.25, -0.2) is 0 Å². The van der Waals surface area contributed by atoms with Crippen molar-refractivity contribution in [3.63, 3.8) is 0 Å². The average Bonchev–Trinajstić information content (AvgIpc) is 2.49. The minimum atomic E-state index is -0.862. The number of carboxylic acid groups (broad SMARTS) is 1. The summed E-state index contributed by atoms with van der Waals surface area (Å²) in [7, 11) is 1.85. The molecule has 0 aliphatic heterocycles. The largest absolute Gasteiger partial charge is 0.481 e. The third kappa shape index (κ3) is 2.03. The lowest BCUT2D eigenvalue weighted by Gasteiger charge is -2.19. The summed E-state index contributed by atoms with van der Waals surface area (Å²) < 4.78 is 1.77. The van der Waals surface area contributed by atoms with Crippen LogP contribution >= 0.6 is 0 Å². The van der Waals surface area contributed by atoms with Gasteiger partial charge in [-0.1, -0.05) is 13.3 Å². The first-order valence-corrected chi connectivity index (χ1v) is 5.16. The molecule has 0 spiro atoms. The summed E-state index contributed by atoms with van der Waals surface area (Å²) in [5.74, 6) is -0.812. The molecule has 1 aromatic heterocycles. The van der Waals surface area contributed by atoms with E-state index in [0.29, 0.717) is 0 Å². The Hall–Kier alpha value is -1.32. The van der Waals surface area contributed by atoms with E-state index in [2.05, 4.69) is 12.0 Å². The maximum absolute atomic E-state index is 11.2. The first kappa shape index (κ1) is 11.8. The van der Waals surface area contributed by atoms with Gasteiger partial charge in [0.05, 0.1) is 11.6 Å². The number of nitrogens with zero attached hydrogens (tertiary/aromatic N) is 2. The lowest BCUT2D eigenvalue weighted by molar-refractivity contribution is -0.142. The van der Waals surface area contributed by atoms with Gasteiger partial charge in [0.15, 0.2) is 0 Å². The highest BCUT2D eigenvalue weighted by molar-refractivity contribution is 5.80. The summed E-state index contributed by atoms with van der Waals surface area (Å²) in [4.78, 5) is 11.2. The van der Waals surface area contributed by atoms with E-state index in [-0.39, 0.29) is 0 Å². The Kier molecular flexibility index (Phi) is 3.17. The van der Waals surface area contributed by atoms with E-state index < -0.39 is 11.4 Å². The molecule has 0 atom stereocenters. The number of aromatic nitrogens is 2. The van der Waals surface area contributed by atoms with Gasteiger partial charge in [0.2, 0.25) is 0 Å². The average molecular weight is 210 g/mol. The molecule has 0 radical (unpaired) electrons. The fraction of sp³-hybridized carbons (Fsp3) is 0.636. The van der Waals surface area contributed by atoms with Gasteiger partial charge in [-0.2, -0.15) is 5.10 Å². The van der Waals surface area contributed by atoms with Crippen molar-refractivity contribution < 1.29 is 9.90 Å². The number of hydrogen-bond donors (Lipinski definition) is 1. The second-order valence-electron chi connectivity index (χ2n) is 4.31. The molecule has 0 bridgehead atoms. The predicted octanol–water partition coefficient (Wildman–Crippen LogP) is 1.73. The third-order valence-corrected chi connectivity index (χ3v) is 2.76. The third-order valence-electron chi connectivity index (χ3n) is 2.76. The number of aliphatic carboxylic acids is 1. The smallest absolute Gasteiger partial charge is 0.313 e. The quantitative estimate of drug-likeness (QED) is 0.823. The number of carboxylic acids is 1. The van der Waals surface area contributed by atoms with E-state index in [1.807, 2.05) is 7.05 Å². The van der Waals surface area contributed by atoms with E-state index in [9.17, 15) is 4.79 Å². The highest BCUT2D eigenvalue weighted by Gasteiger charge is 2.33. The number of aryl methyl sites for hydroxylation is 1. The van der Waals surface area contributed by atoms with Crippen LogP contribution in [0.5, 0.6) is 0 Å². The summed E-state index contributed by atoms with van der Waals surface area (Å²) in [6.45, 7) is 5.50. The first-order chi connectivity index (χ1) is 6.91. The zero-order valence-electron chi connectivity index (χ0n) is 9.74. The Morgan fingerprint density at radius 2 is 2.20 bits per heavy atom. The molecule has 4 heteroatoms. The van der Waals surface area contributed by atoms with Crippen LogP contribution in [0.2, 0.25) is 0 Å². The van der Waals surface area contributed by atoms with Crippen molar-refractivity contribution in [2.24, 2.45) is 7.05 Å². The van der Waals surface area contributed by atoms with Gasteiger partial charge in [0, 0.05) is 18.3 Å². The Labute approximate surface area is 89.9 Å². The monoisotopic (exact) mass is 210 g/mol. The second kappa shape index (κ2) is 4.04. The van der Waals surface area contributed by atoms with Crippen molar-refractivity contribution in [2.75, 3.05) is 0 Å². The van der Waals surface area contributed by atoms with Gasteiger partial charge in [-0.05, 0) is 20.3 Å². The molecule has 1 N–H and O–H groups in total. The molecular formula is C11H18N2O2. The van der Waals surface area contributed by atoms with Crippen LogP contribution in [-0.4, -0.2) is 20.9 Å². The highest BCUT2D eigenvalue weighted by Crippen LogP contribution is 2.27. The molecule has 4 nitrogen and oxygen atoms in total. The van der Waals surface area contributed by atoms with Crippen molar-refractivity contribution in [1.82, 2.24) is 9.78 Å². The van der Waals surface area contributed by atoms with Crippen LogP contribution in [0.15, 0.2) is 6.20 Å². The van der Waals surface area contributed by atoms with Crippen molar-refractivity contribution >= 4 is 5.97 Å². The zero-order chi connectivity index (χ0) is 11.6. The molecule has 0 aliphatic rings. The van der Waals surface area contributed by atoms with Crippen LogP contribution in [0.25, 0.3) is 0 Å². The molecule has 0 saturated heterocycles. The highest BCUT2D eigenvalue weighted by atomic mass is 16.4. The van der Waals surface area contributed by atoms with Crippen LogP contribution in [0.3, 0.4) is 0 Å². The van der Waals surface area contributed by atoms with Gasteiger partial charge in [0.25, 0.3) is 0 Å². The fourth-order valence-corrected chi connectivity index (χ4v) is 1.63. The molecule has 0 saturated carbocycles. The Morgan fingerprint density at radius 1 is 1.60 bits per heavy atom. The Balaban J connectivity index is 3.19. The number of hydrogen-bond acceptors (Lipinski definition) is 2. The topological polar surface area (TPSA) is 55.1 Å². The molecule has 1 heterocycles. The molecule has 1 aromatic rings. The van der Waals surface area contributed by atoms with Crippen molar-refractivity contribution in [3.8, 4) is 0 Å². The molecule has 0 unspecified atom stereocenters. The van der Waals surface area contributed by atoms with Crippen LogP contribution in [0.4, 0.5) is 0 Å². The lowest BCUT2D eigenvalue weighted by atomic mass is 9.84. The zero-order valence-corrected chi connectivity index (χ0v) is 9.74. The van der Waals surface area contributed by atoms with Gasteiger partial charge in [-0.3, -0.25) is 9.48 Å². The fourth-order valence-electron chi connectivity index (χ4n) is 1.63. The van der Waals surface area contributed by atoms with E-state index in [1.165, 1.54) is 0 Å². The maximum atomic E-state index is 11.2. The summed E-state index contributed by atoms with van der Waals surface area (Å²) in [6, 6.07) is 0. The summed E-state index contributed by atoms with van der Waals surface area (Å²) in [5.41, 5.74) is 0.975. The minimum absolute atomic E-state index is 0.812. The van der Waals surface area contributed by atoms with E-state index in [4.69, 9.17) is 5.11 Å². The Morgan fingerprint density at radius 3 is 2.67 bits per heavy atom. The Bertz CT molecular complexity index is 367. The molecular weight excluding hydrogens is 192 g/mol. The minimum Gasteiger partial charge on any atom is -0.481 e. The molecule has 0 aliphatic carbocycles. The number of carbonyl (C=O) groups is 1. The molecule has 0 aromatic carbocycles. The lowest BCUT2D eigenvalue weighted by Crippen LogP contribution is -2.29. The van der Waals surface area contributed by atoms with Gasteiger partial charge < -0.3 is 5.11 Å². The molecule has 15 heavy (non-hydrogen) atoms. The van der Waals surface area contributed by atoms with Crippen LogP contribution in [0, 0.1) is 0 Å². The van der Waals surface area contributed by atoms with Crippen molar-refractivity contribution in [3.05, 3.63) is 17.5 Å². The van der Waals surface area contributed by atoms with E-state index in [0.717, 1.165) is 24.1 Å². The molecule has 0 amide bonds. The van der Waals surface area contributed by atoms with E-state index in [1.54, 1.807) is 24.7 Å². The van der Waals surface area contributed by atoms with Gasteiger partial charge in [0.1, 0.15) is 0 Å². The van der Waals surface area contributed by atoms with Gasteiger partial charge in [-0.15, -0.1) is 0 Å². The van der Waals surface area contributed by atoms with Crippen molar-refractivity contribution in [1.29, 1.82) is 0 Å². The predicted molar refractivity (Wildman–Crippen MR) is 57.9 cm³/mol. The van der Waals surface area contributed by atoms with Crippen LogP contribution in [0.1, 0.15) is 38.4 Å². The molecule has 84 valence electrons. The van der Waals surface area contributed by atoms with Crippen LogP contribution < -0.4 is 0 Å². The maximum Gasteiger partial charge on any atom is 0.313 e. The molecule has 1 rings (SSSR count). The number of rotatable bonds is 4. The SMILES string of the molecule is CCCc1c(C(C)(C)C(=O)O)cnn1C.